The first-order valence-corrected chi connectivity index (χ1v) is 11.7. The normalized spacial score (nSPS) is 36.9. The van der Waals surface area contributed by atoms with E-state index in [-0.39, 0.29) is 11.5 Å². The zero-order valence-electron chi connectivity index (χ0n) is 19.6. The van der Waals surface area contributed by atoms with E-state index in [9.17, 15) is 4.91 Å². The van der Waals surface area contributed by atoms with E-state index in [1.54, 1.807) is 16.7 Å². The first-order valence-electron chi connectivity index (χ1n) is 11.7. The lowest BCUT2D eigenvalue weighted by Crippen LogP contribution is -2.30. The molecule has 0 spiro atoms. The first kappa shape index (κ1) is 24.1. The van der Waals surface area contributed by atoms with Crippen molar-refractivity contribution in [2.75, 3.05) is 0 Å². The maximum absolute atomic E-state index is 11.7. The molecule has 2 heteroatoms. The topological polar surface area (TPSA) is 29.4 Å². The highest BCUT2D eigenvalue weighted by atomic mass is 16.3. The van der Waals surface area contributed by atoms with E-state index in [4.69, 9.17) is 0 Å². The van der Waals surface area contributed by atoms with Crippen molar-refractivity contribution >= 4 is 0 Å². The molecule has 0 aromatic carbocycles. The van der Waals surface area contributed by atoms with Crippen LogP contribution in [0.3, 0.4) is 0 Å². The molecule has 0 aliphatic heterocycles. The maximum Gasteiger partial charge on any atom is 0.0988 e. The quantitative estimate of drug-likeness (QED) is 0.360. The second-order valence-corrected chi connectivity index (χ2v) is 8.75. The van der Waals surface area contributed by atoms with Crippen LogP contribution in [0.15, 0.2) is 28.0 Å². The molecule has 0 radical (unpaired) electrons. The van der Waals surface area contributed by atoms with Gasteiger partial charge in [0.2, 0.25) is 0 Å². The van der Waals surface area contributed by atoms with Crippen LogP contribution in [0.1, 0.15) is 101 Å². The minimum Gasteiger partial charge on any atom is -0.150 e. The van der Waals surface area contributed by atoms with Crippen LogP contribution < -0.4 is 0 Å². The molecule has 1 saturated carbocycles. The number of allylic oxidation sites excluding steroid dienone is 3. The number of nitrogens with zero attached hydrogens (tertiary/aromatic N) is 1. The third-order valence-corrected chi connectivity index (χ3v) is 7.18. The Balaban J connectivity index is 0.000000855. The fourth-order valence-electron chi connectivity index (χ4n) is 5.64. The minimum absolute atomic E-state index is 0.0412. The Labute approximate surface area is 169 Å². The molecule has 0 aromatic heterocycles. The Hall–Kier alpha value is -0.920. The highest BCUT2D eigenvalue weighted by molar-refractivity contribution is 5.38. The molecule has 156 valence electrons. The average Bonchev–Trinajstić information content (AvgIpc) is 3.22. The first-order chi connectivity index (χ1) is 12.9. The van der Waals surface area contributed by atoms with E-state index >= 15 is 0 Å². The molecule has 0 N–H and O–H groups in total. The Morgan fingerprint density at radius 3 is 2.33 bits per heavy atom. The summed E-state index contributed by atoms with van der Waals surface area (Å²) >= 11 is 0. The molecule has 3 aliphatic carbocycles. The number of nitroso groups, excluding NO2 is 1. The predicted molar refractivity (Wildman–Crippen MR) is 120 cm³/mol. The molecular formula is C25H45NO. The number of hydrogen-bond donors (Lipinski definition) is 0. The van der Waals surface area contributed by atoms with Crippen molar-refractivity contribution in [2.45, 2.75) is 107 Å². The highest BCUT2D eigenvalue weighted by Crippen LogP contribution is 2.55. The maximum atomic E-state index is 11.7. The SMILES string of the molecule is CC.CC.CCC1CCC2/C1=C\C1(C)CCC(C(C)C)=C1CC(N=O)C2C. The predicted octanol–water partition coefficient (Wildman–Crippen LogP) is 8.33. The molecule has 5 unspecified atom stereocenters. The molecule has 0 amide bonds. The third kappa shape index (κ3) is 4.74. The number of hydrogen-bond acceptors (Lipinski definition) is 2. The van der Waals surface area contributed by atoms with Gasteiger partial charge in [0.15, 0.2) is 0 Å². The van der Waals surface area contributed by atoms with Crippen LogP contribution in [-0.2, 0) is 0 Å². The van der Waals surface area contributed by atoms with Gasteiger partial charge in [-0.1, -0.05) is 90.3 Å². The third-order valence-electron chi connectivity index (χ3n) is 7.18. The molecule has 2 nitrogen and oxygen atoms in total. The van der Waals surface area contributed by atoms with E-state index in [1.165, 1.54) is 32.1 Å². The molecule has 0 heterocycles. The zero-order chi connectivity index (χ0) is 20.8. The van der Waals surface area contributed by atoms with Gasteiger partial charge in [0.1, 0.15) is 0 Å². The summed E-state index contributed by atoms with van der Waals surface area (Å²) in [6.45, 7) is 19.6. The lowest BCUT2D eigenvalue weighted by atomic mass is 9.69. The Bertz CT molecular complexity index is 545. The molecule has 0 saturated heterocycles. The van der Waals surface area contributed by atoms with E-state index in [2.05, 4.69) is 45.9 Å². The van der Waals surface area contributed by atoms with Gasteiger partial charge in [0.25, 0.3) is 0 Å². The van der Waals surface area contributed by atoms with Crippen LogP contribution in [-0.4, -0.2) is 6.04 Å². The standard InChI is InChI=1S/C21H33NO.2C2H6/c1-6-15-7-8-17-14(4)20(22-23)11-19-16(13(2)3)9-10-21(19,5)12-18(15)17;2*1-2/h12-15,17,20H,6-11H2,1-5H3;2*1-2H3/b18-12-;;. The largest absolute Gasteiger partial charge is 0.150 e. The number of rotatable bonds is 3. The van der Waals surface area contributed by atoms with Crippen LogP contribution in [0.4, 0.5) is 0 Å². The van der Waals surface area contributed by atoms with Crippen molar-refractivity contribution < 1.29 is 0 Å². The van der Waals surface area contributed by atoms with E-state index in [0.29, 0.717) is 17.8 Å². The minimum atomic E-state index is -0.0412. The van der Waals surface area contributed by atoms with Gasteiger partial charge in [-0.2, -0.15) is 4.91 Å². The van der Waals surface area contributed by atoms with Gasteiger partial charge in [-0.05, 0) is 62.2 Å². The van der Waals surface area contributed by atoms with Gasteiger partial charge in [0, 0.05) is 5.41 Å². The lowest BCUT2D eigenvalue weighted by Gasteiger charge is -2.36. The zero-order valence-corrected chi connectivity index (χ0v) is 19.6. The van der Waals surface area contributed by atoms with E-state index in [1.807, 2.05) is 27.7 Å². The molecule has 0 aromatic rings. The smallest absolute Gasteiger partial charge is 0.0988 e. The Morgan fingerprint density at radius 1 is 1.19 bits per heavy atom. The van der Waals surface area contributed by atoms with Crippen LogP contribution >= 0.6 is 0 Å². The summed E-state index contributed by atoms with van der Waals surface area (Å²) in [6.07, 6.45) is 9.77. The lowest BCUT2D eigenvalue weighted by molar-refractivity contribution is 0.315. The van der Waals surface area contributed by atoms with Gasteiger partial charge in [-0.15, -0.1) is 0 Å². The molecule has 0 bridgehead atoms. The molecule has 3 rings (SSSR count). The van der Waals surface area contributed by atoms with Crippen molar-refractivity contribution in [1.82, 2.24) is 0 Å². The molecule has 1 fully saturated rings. The van der Waals surface area contributed by atoms with Gasteiger partial charge in [-0.25, -0.2) is 0 Å². The molecule has 27 heavy (non-hydrogen) atoms. The van der Waals surface area contributed by atoms with Gasteiger partial charge in [0.05, 0.1) is 6.04 Å². The molecule has 5 atom stereocenters. The molecule has 3 aliphatic rings. The summed E-state index contributed by atoms with van der Waals surface area (Å²) in [4.78, 5) is 11.7. The second-order valence-electron chi connectivity index (χ2n) is 8.75. The summed E-state index contributed by atoms with van der Waals surface area (Å²) in [7, 11) is 0. The molecular weight excluding hydrogens is 330 g/mol. The Morgan fingerprint density at radius 2 is 1.81 bits per heavy atom. The monoisotopic (exact) mass is 375 g/mol. The van der Waals surface area contributed by atoms with Gasteiger partial charge in [-0.3, -0.25) is 0 Å². The van der Waals surface area contributed by atoms with E-state index < -0.39 is 0 Å². The number of fused-ring (bicyclic) bond motifs is 2. The second kappa shape index (κ2) is 10.6. The summed E-state index contributed by atoms with van der Waals surface area (Å²) in [5.41, 5.74) is 5.00. The van der Waals surface area contributed by atoms with E-state index in [0.717, 1.165) is 12.3 Å². The summed E-state index contributed by atoms with van der Waals surface area (Å²) in [5.74, 6) is 2.30. The Kier molecular flexibility index (Phi) is 9.45. The summed E-state index contributed by atoms with van der Waals surface area (Å²) < 4.78 is 0. The van der Waals surface area contributed by atoms with Crippen LogP contribution in [0.25, 0.3) is 0 Å². The van der Waals surface area contributed by atoms with Gasteiger partial charge >= 0.3 is 0 Å². The van der Waals surface area contributed by atoms with Crippen molar-refractivity contribution in [3.8, 4) is 0 Å². The highest BCUT2D eigenvalue weighted by Gasteiger charge is 2.45. The summed E-state index contributed by atoms with van der Waals surface area (Å²) in [6, 6.07) is -0.0412. The van der Waals surface area contributed by atoms with Crippen LogP contribution in [0.5, 0.6) is 0 Å². The fraction of sp³-hybridized carbons (Fsp3) is 0.840. The van der Waals surface area contributed by atoms with Crippen LogP contribution in [0.2, 0.25) is 0 Å². The van der Waals surface area contributed by atoms with Crippen molar-refractivity contribution in [3.05, 3.63) is 27.7 Å². The fourth-order valence-corrected chi connectivity index (χ4v) is 5.64. The summed E-state index contributed by atoms with van der Waals surface area (Å²) in [5, 5.41) is 3.62. The van der Waals surface area contributed by atoms with Crippen molar-refractivity contribution in [3.63, 3.8) is 0 Å². The van der Waals surface area contributed by atoms with Crippen LogP contribution in [0, 0.1) is 34.0 Å². The van der Waals surface area contributed by atoms with Gasteiger partial charge < -0.3 is 0 Å². The average molecular weight is 376 g/mol. The van der Waals surface area contributed by atoms with Crippen molar-refractivity contribution in [2.24, 2.45) is 34.3 Å². The van der Waals surface area contributed by atoms with Crippen molar-refractivity contribution in [1.29, 1.82) is 0 Å².